The molecule has 0 radical (unpaired) electrons. The second-order valence-corrected chi connectivity index (χ2v) is 11.6. The van der Waals surface area contributed by atoms with Crippen molar-refractivity contribution < 1.29 is 4.74 Å². The molecule has 3 nitrogen and oxygen atoms in total. The Balaban J connectivity index is 1.59. The van der Waals surface area contributed by atoms with Gasteiger partial charge in [-0.1, -0.05) is 75.4 Å². The van der Waals surface area contributed by atoms with E-state index in [4.69, 9.17) is 16.3 Å². The zero-order chi connectivity index (χ0) is 24.9. The zero-order valence-electron chi connectivity index (χ0n) is 21.4. The van der Waals surface area contributed by atoms with Gasteiger partial charge >= 0.3 is 0 Å². The van der Waals surface area contributed by atoms with E-state index in [0.29, 0.717) is 12.0 Å². The average molecular weight is 491 g/mol. The SMILES string of the molecule is CCCCCC12CCC(C3=CC=C(c4ccc(OCCCC)cc4)C(C#N)C3(Cl)C#N)(CC1)CC2. The van der Waals surface area contributed by atoms with Crippen LogP contribution in [0, 0.1) is 39.4 Å². The van der Waals surface area contributed by atoms with Crippen molar-refractivity contribution in [3.8, 4) is 17.9 Å². The summed E-state index contributed by atoms with van der Waals surface area (Å²) in [6, 6.07) is 12.7. The Morgan fingerprint density at radius 1 is 0.914 bits per heavy atom. The van der Waals surface area contributed by atoms with Gasteiger partial charge < -0.3 is 4.74 Å². The molecule has 4 aliphatic carbocycles. The Labute approximate surface area is 216 Å². The molecule has 3 fully saturated rings. The van der Waals surface area contributed by atoms with Gasteiger partial charge in [-0.05, 0) is 91.0 Å². The minimum Gasteiger partial charge on any atom is -0.494 e. The van der Waals surface area contributed by atoms with Crippen molar-refractivity contribution in [2.45, 2.75) is 95.8 Å². The predicted octanol–water partition coefficient (Wildman–Crippen LogP) is 8.75. The van der Waals surface area contributed by atoms with Crippen LogP contribution in [0.25, 0.3) is 5.57 Å². The van der Waals surface area contributed by atoms with E-state index in [0.717, 1.165) is 54.6 Å². The second-order valence-electron chi connectivity index (χ2n) is 11.1. The molecule has 0 spiro atoms. The van der Waals surface area contributed by atoms with E-state index >= 15 is 0 Å². The summed E-state index contributed by atoms with van der Waals surface area (Å²) in [6.07, 6.45) is 18.5. The Morgan fingerprint density at radius 3 is 2.14 bits per heavy atom. The van der Waals surface area contributed by atoms with Gasteiger partial charge in [0, 0.05) is 0 Å². The maximum absolute atomic E-state index is 10.4. The highest BCUT2D eigenvalue weighted by Gasteiger charge is 2.57. The van der Waals surface area contributed by atoms with E-state index in [9.17, 15) is 10.5 Å². The molecule has 0 saturated heterocycles. The lowest BCUT2D eigenvalue weighted by Gasteiger charge is -2.57. The third-order valence-electron chi connectivity index (χ3n) is 9.06. The monoisotopic (exact) mass is 490 g/mol. The minimum atomic E-state index is -1.32. The Hall–Kier alpha value is -2.23. The van der Waals surface area contributed by atoms with Gasteiger partial charge in [-0.3, -0.25) is 0 Å². The number of rotatable bonds is 10. The third kappa shape index (κ3) is 4.90. The first-order valence-corrected chi connectivity index (χ1v) is 14.0. The molecular formula is C31H39ClN2O. The molecule has 0 heterocycles. The number of alkyl halides is 1. The number of benzene rings is 1. The van der Waals surface area contributed by atoms with Crippen LogP contribution < -0.4 is 4.74 Å². The first kappa shape index (κ1) is 25.9. The van der Waals surface area contributed by atoms with E-state index in [1.807, 2.05) is 24.3 Å². The first-order chi connectivity index (χ1) is 17.0. The topological polar surface area (TPSA) is 56.8 Å². The Bertz CT molecular complexity index is 1020. The molecule has 35 heavy (non-hydrogen) atoms. The lowest BCUT2D eigenvalue weighted by Crippen LogP contribution is -2.49. The summed E-state index contributed by atoms with van der Waals surface area (Å²) in [4.78, 5) is -1.32. The molecule has 0 aliphatic heterocycles. The summed E-state index contributed by atoms with van der Waals surface area (Å²) in [7, 11) is 0. The van der Waals surface area contributed by atoms with E-state index in [1.165, 1.54) is 44.9 Å². The van der Waals surface area contributed by atoms with Crippen molar-refractivity contribution in [3.63, 3.8) is 0 Å². The fraction of sp³-hybridized carbons (Fsp3) is 0.613. The summed E-state index contributed by atoms with van der Waals surface area (Å²) in [6.45, 7) is 5.11. The maximum atomic E-state index is 10.4. The van der Waals surface area contributed by atoms with Gasteiger partial charge in [-0.25, -0.2) is 0 Å². The number of allylic oxidation sites excluding steroid dienone is 4. The standard InChI is InChI=1S/C31H39ClN2O/c1-3-5-7-14-29-15-18-30(19-16-29,20-17-29)28-13-12-26(27(22-33)31(28,32)23-34)24-8-10-25(11-9-24)35-21-6-4-2/h8-13,27H,3-7,14-21H2,1-2H3. The number of nitriles is 2. The van der Waals surface area contributed by atoms with Crippen molar-refractivity contribution in [3.05, 3.63) is 47.6 Å². The van der Waals surface area contributed by atoms with Gasteiger partial charge in [0.15, 0.2) is 4.87 Å². The predicted molar refractivity (Wildman–Crippen MR) is 143 cm³/mol. The fourth-order valence-corrected chi connectivity index (χ4v) is 7.17. The smallest absolute Gasteiger partial charge is 0.172 e. The van der Waals surface area contributed by atoms with E-state index in [-0.39, 0.29) is 5.41 Å². The summed E-state index contributed by atoms with van der Waals surface area (Å²) < 4.78 is 5.80. The van der Waals surface area contributed by atoms with Crippen molar-refractivity contribution in [2.24, 2.45) is 16.7 Å². The molecule has 5 rings (SSSR count). The minimum absolute atomic E-state index is 0.0436. The average Bonchev–Trinajstić information content (AvgIpc) is 2.90. The van der Waals surface area contributed by atoms with Crippen LogP contribution in [-0.4, -0.2) is 11.5 Å². The van der Waals surface area contributed by atoms with E-state index < -0.39 is 10.8 Å². The number of halogens is 1. The van der Waals surface area contributed by atoms with Crippen LogP contribution in [0.3, 0.4) is 0 Å². The first-order valence-electron chi connectivity index (χ1n) is 13.6. The number of hydrogen-bond donors (Lipinski definition) is 0. The number of unbranched alkanes of at least 4 members (excludes halogenated alkanes) is 3. The van der Waals surface area contributed by atoms with Gasteiger partial charge in [-0.2, -0.15) is 10.5 Å². The van der Waals surface area contributed by atoms with E-state index in [2.05, 4.69) is 38.1 Å². The quantitative estimate of drug-likeness (QED) is 0.243. The van der Waals surface area contributed by atoms with Crippen LogP contribution in [0.1, 0.15) is 96.5 Å². The highest BCUT2D eigenvalue weighted by molar-refractivity contribution is 6.29. The molecule has 186 valence electrons. The summed E-state index contributed by atoms with van der Waals surface area (Å²) in [5.74, 6) is 0.125. The van der Waals surface area contributed by atoms with Crippen molar-refractivity contribution >= 4 is 17.2 Å². The molecule has 0 amide bonds. The van der Waals surface area contributed by atoms with Crippen molar-refractivity contribution in [1.82, 2.24) is 0 Å². The van der Waals surface area contributed by atoms with Crippen molar-refractivity contribution in [1.29, 1.82) is 10.5 Å². The Kier molecular flexibility index (Phi) is 7.98. The fourth-order valence-electron chi connectivity index (χ4n) is 6.74. The van der Waals surface area contributed by atoms with Crippen molar-refractivity contribution in [2.75, 3.05) is 6.61 Å². The van der Waals surface area contributed by atoms with Gasteiger partial charge in [0.2, 0.25) is 0 Å². The largest absolute Gasteiger partial charge is 0.494 e. The molecule has 0 aromatic heterocycles. The molecule has 3 saturated carbocycles. The van der Waals surface area contributed by atoms with Crippen LogP contribution in [0.2, 0.25) is 0 Å². The highest BCUT2D eigenvalue weighted by Crippen LogP contribution is 2.65. The second kappa shape index (κ2) is 10.8. The van der Waals surface area contributed by atoms with Crippen LogP contribution in [-0.2, 0) is 0 Å². The molecule has 4 heteroatoms. The zero-order valence-corrected chi connectivity index (χ0v) is 22.2. The number of hydrogen-bond acceptors (Lipinski definition) is 3. The lowest BCUT2D eigenvalue weighted by molar-refractivity contribution is 0.00297. The molecule has 0 N–H and O–H groups in total. The summed E-state index contributed by atoms with van der Waals surface area (Å²) in [5.41, 5.74) is 3.19. The molecule has 2 atom stereocenters. The van der Waals surface area contributed by atoms with Gasteiger partial charge in [-0.15, -0.1) is 0 Å². The molecule has 1 aromatic carbocycles. The molecular weight excluding hydrogens is 452 g/mol. The number of fused-ring (bicyclic) bond motifs is 3. The van der Waals surface area contributed by atoms with E-state index in [1.54, 1.807) is 0 Å². The normalized spacial score (nSPS) is 31.7. The number of ether oxygens (including phenoxy) is 1. The van der Waals surface area contributed by atoms with Crippen LogP contribution in [0.15, 0.2) is 42.0 Å². The van der Waals surface area contributed by atoms with Gasteiger partial charge in [0.1, 0.15) is 11.7 Å². The number of nitrogens with zero attached hydrogens (tertiary/aromatic N) is 2. The molecule has 2 bridgehead atoms. The van der Waals surface area contributed by atoms with Gasteiger partial charge in [0.25, 0.3) is 0 Å². The molecule has 4 aliphatic rings. The molecule has 1 aromatic rings. The highest BCUT2D eigenvalue weighted by atomic mass is 35.5. The van der Waals surface area contributed by atoms with Crippen LogP contribution in [0.4, 0.5) is 0 Å². The van der Waals surface area contributed by atoms with Gasteiger partial charge in [0.05, 0.1) is 18.7 Å². The third-order valence-corrected chi connectivity index (χ3v) is 9.57. The summed E-state index contributed by atoms with van der Waals surface area (Å²) in [5, 5.41) is 20.6. The summed E-state index contributed by atoms with van der Waals surface area (Å²) >= 11 is 7.19. The van der Waals surface area contributed by atoms with Crippen LogP contribution in [0.5, 0.6) is 5.75 Å². The maximum Gasteiger partial charge on any atom is 0.172 e. The van der Waals surface area contributed by atoms with Crippen LogP contribution >= 0.6 is 11.6 Å². The Morgan fingerprint density at radius 2 is 1.57 bits per heavy atom. The lowest BCUT2D eigenvalue weighted by atomic mass is 9.48. The molecule has 2 unspecified atom stereocenters.